The summed E-state index contributed by atoms with van der Waals surface area (Å²) < 4.78 is 10.5. The van der Waals surface area contributed by atoms with Crippen molar-refractivity contribution in [3.05, 3.63) is 34.2 Å². The molecule has 1 aromatic rings. The second kappa shape index (κ2) is 6.95. The molecule has 5 heteroatoms. The normalized spacial score (nSPS) is 19.2. The number of pyridine rings is 1. The summed E-state index contributed by atoms with van der Waals surface area (Å²) in [4.78, 5) is 30.6. The predicted molar refractivity (Wildman–Crippen MR) is 99.5 cm³/mol. The third-order valence-electron chi connectivity index (χ3n) is 5.08. The molecule has 140 valence electrons. The molecule has 0 bridgehead atoms. The first kappa shape index (κ1) is 18.8. The van der Waals surface area contributed by atoms with Gasteiger partial charge in [-0.25, -0.2) is 4.79 Å². The molecule has 1 aromatic heterocycles. The summed E-state index contributed by atoms with van der Waals surface area (Å²) in [5, 5.41) is 0. The molecule has 0 saturated carbocycles. The number of Topliss-reactive ketones (excluding diaryl/α,β-unsaturated/α-hetero) is 1. The number of aromatic nitrogens is 1. The van der Waals surface area contributed by atoms with E-state index in [4.69, 9.17) is 14.5 Å². The molecule has 0 fully saturated rings. The van der Waals surface area contributed by atoms with Crippen LogP contribution >= 0.6 is 0 Å². The summed E-state index contributed by atoms with van der Waals surface area (Å²) >= 11 is 0. The van der Waals surface area contributed by atoms with Crippen LogP contribution < -0.4 is 0 Å². The van der Waals surface area contributed by atoms with Crippen molar-refractivity contribution in [1.29, 1.82) is 0 Å². The molecule has 2 aliphatic rings. The van der Waals surface area contributed by atoms with E-state index in [1.807, 2.05) is 19.9 Å². The van der Waals surface area contributed by atoms with Crippen molar-refractivity contribution in [2.45, 2.75) is 52.9 Å². The van der Waals surface area contributed by atoms with E-state index in [1.165, 1.54) is 7.11 Å². The smallest absolute Gasteiger partial charge is 0.340 e. The largest absolute Gasteiger partial charge is 0.465 e. The lowest BCUT2D eigenvalue weighted by atomic mass is 9.72. The molecule has 0 unspecified atom stereocenters. The Morgan fingerprint density at radius 3 is 2.58 bits per heavy atom. The summed E-state index contributed by atoms with van der Waals surface area (Å²) in [5.41, 5.74) is 4.18. The third kappa shape index (κ3) is 3.32. The summed E-state index contributed by atoms with van der Waals surface area (Å²) in [6.07, 6.45) is 3.84. The van der Waals surface area contributed by atoms with Gasteiger partial charge in [-0.2, -0.15) is 0 Å². The predicted octanol–water partition coefficient (Wildman–Crippen LogP) is 3.95. The number of methoxy groups -OCH3 is 1. The lowest BCUT2D eigenvalue weighted by molar-refractivity contribution is 0.0597. The Hall–Kier alpha value is -2.01. The molecule has 0 saturated heterocycles. The monoisotopic (exact) mass is 357 g/mol. The van der Waals surface area contributed by atoms with Crippen LogP contribution in [0.5, 0.6) is 0 Å². The maximum Gasteiger partial charge on any atom is 0.340 e. The number of carbonyl (C=O) groups is 2. The number of esters is 1. The highest BCUT2D eigenvalue weighted by molar-refractivity contribution is 6.08. The third-order valence-corrected chi connectivity index (χ3v) is 5.08. The van der Waals surface area contributed by atoms with Gasteiger partial charge in [0, 0.05) is 17.5 Å². The number of ether oxygens (including phenoxy) is 2. The molecule has 26 heavy (non-hydrogen) atoms. The van der Waals surface area contributed by atoms with Crippen LogP contribution in [0.25, 0.3) is 5.57 Å². The van der Waals surface area contributed by atoms with Gasteiger partial charge in [-0.15, -0.1) is 0 Å². The first-order chi connectivity index (χ1) is 12.2. The van der Waals surface area contributed by atoms with E-state index >= 15 is 0 Å². The van der Waals surface area contributed by atoms with Crippen LogP contribution in [-0.4, -0.2) is 37.1 Å². The maximum absolute atomic E-state index is 13.1. The quantitative estimate of drug-likeness (QED) is 0.766. The number of rotatable bonds is 3. The molecule has 5 nitrogen and oxygen atoms in total. The van der Waals surface area contributed by atoms with Crippen molar-refractivity contribution in [3.63, 3.8) is 0 Å². The van der Waals surface area contributed by atoms with Gasteiger partial charge in [-0.3, -0.25) is 9.78 Å². The average Bonchev–Trinajstić information content (AvgIpc) is 2.59. The first-order valence-corrected chi connectivity index (χ1v) is 9.20. The summed E-state index contributed by atoms with van der Waals surface area (Å²) in [7, 11) is 1.37. The molecule has 2 heterocycles. The number of nitrogens with zero attached hydrogens (tertiary/aromatic N) is 1. The van der Waals surface area contributed by atoms with Crippen molar-refractivity contribution < 1.29 is 19.1 Å². The van der Waals surface area contributed by atoms with E-state index in [2.05, 4.69) is 13.8 Å². The molecule has 0 radical (unpaired) electrons. The van der Waals surface area contributed by atoms with Crippen molar-refractivity contribution in [1.82, 2.24) is 4.98 Å². The zero-order valence-electron chi connectivity index (χ0n) is 16.3. The Balaban J connectivity index is 2.37. The van der Waals surface area contributed by atoms with Crippen molar-refractivity contribution in [3.8, 4) is 0 Å². The highest BCUT2D eigenvalue weighted by Gasteiger charge is 2.38. The Labute approximate surface area is 154 Å². The summed E-state index contributed by atoms with van der Waals surface area (Å²) in [5.74, 6) is -0.315. The number of fused-ring (bicyclic) bond motifs is 1. The van der Waals surface area contributed by atoms with Gasteiger partial charge in [-0.1, -0.05) is 33.8 Å². The fourth-order valence-electron chi connectivity index (χ4n) is 3.92. The van der Waals surface area contributed by atoms with Crippen LogP contribution in [-0.2, 0) is 15.9 Å². The van der Waals surface area contributed by atoms with E-state index in [0.717, 1.165) is 23.3 Å². The lowest BCUT2D eigenvalue weighted by Gasteiger charge is -2.33. The number of carbonyl (C=O) groups excluding carboxylic acids is 2. The highest BCUT2D eigenvalue weighted by atomic mass is 16.5. The van der Waals surface area contributed by atoms with Crippen LogP contribution in [0.4, 0.5) is 0 Å². The number of ketones is 1. The molecule has 0 amide bonds. The second-order valence-electron chi connectivity index (χ2n) is 8.21. The summed E-state index contributed by atoms with van der Waals surface area (Å²) in [6.45, 7) is 9.28. The van der Waals surface area contributed by atoms with Crippen LogP contribution in [0.3, 0.4) is 0 Å². The van der Waals surface area contributed by atoms with E-state index in [0.29, 0.717) is 42.9 Å². The molecular formula is C21H27NO4. The molecule has 0 spiro atoms. The van der Waals surface area contributed by atoms with Crippen molar-refractivity contribution >= 4 is 17.3 Å². The van der Waals surface area contributed by atoms with Crippen LogP contribution in [0.15, 0.2) is 6.08 Å². The Kier molecular flexibility index (Phi) is 5.02. The van der Waals surface area contributed by atoms with Gasteiger partial charge in [0.25, 0.3) is 0 Å². The minimum absolute atomic E-state index is 0.0498. The van der Waals surface area contributed by atoms with E-state index < -0.39 is 5.97 Å². The Morgan fingerprint density at radius 1 is 1.27 bits per heavy atom. The van der Waals surface area contributed by atoms with Crippen molar-refractivity contribution in [2.75, 3.05) is 20.3 Å². The minimum Gasteiger partial charge on any atom is -0.465 e. The fraction of sp³-hybridized carbons (Fsp3) is 0.571. The lowest BCUT2D eigenvalue weighted by Crippen LogP contribution is -2.31. The Morgan fingerprint density at radius 2 is 2.00 bits per heavy atom. The van der Waals surface area contributed by atoms with Crippen LogP contribution in [0.2, 0.25) is 0 Å². The highest BCUT2D eigenvalue weighted by Crippen LogP contribution is 2.41. The van der Waals surface area contributed by atoms with Gasteiger partial charge >= 0.3 is 5.97 Å². The standard InChI is InChI=1S/C21H27NO4/c1-12(2)19-18(20(24)25-5)16(13-6-8-26-9-7-13)17-14(22-19)10-21(3,4)11-15(17)23/h6,12H,7-11H2,1-5H3. The number of hydrogen-bond acceptors (Lipinski definition) is 5. The minimum atomic E-state index is -0.427. The van der Waals surface area contributed by atoms with Gasteiger partial charge in [0.15, 0.2) is 5.78 Å². The van der Waals surface area contributed by atoms with E-state index in [9.17, 15) is 9.59 Å². The average molecular weight is 357 g/mol. The molecule has 3 rings (SSSR count). The molecular weight excluding hydrogens is 330 g/mol. The first-order valence-electron chi connectivity index (χ1n) is 9.20. The van der Waals surface area contributed by atoms with Gasteiger partial charge in [0.1, 0.15) is 0 Å². The van der Waals surface area contributed by atoms with Crippen LogP contribution in [0.1, 0.15) is 84.1 Å². The molecule has 0 N–H and O–H groups in total. The second-order valence-corrected chi connectivity index (χ2v) is 8.21. The van der Waals surface area contributed by atoms with Gasteiger partial charge in [0.05, 0.1) is 37.3 Å². The Bertz CT molecular complexity index is 790. The molecule has 1 aliphatic heterocycles. The molecule has 0 atom stereocenters. The van der Waals surface area contributed by atoms with E-state index in [-0.39, 0.29) is 17.1 Å². The fourth-order valence-corrected chi connectivity index (χ4v) is 3.92. The van der Waals surface area contributed by atoms with E-state index in [1.54, 1.807) is 0 Å². The zero-order valence-corrected chi connectivity index (χ0v) is 16.3. The van der Waals surface area contributed by atoms with Crippen molar-refractivity contribution in [2.24, 2.45) is 5.41 Å². The van der Waals surface area contributed by atoms with Gasteiger partial charge < -0.3 is 9.47 Å². The maximum atomic E-state index is 13.1. The zero-order chi connectivity index (χ0) is 19.1. The SMILES string of the molecule is COC(=O)c1c(C(C)C)nc2c(c1C1=CCOCC1)C(=O)CC(C)(C)C2. The topological polar surface area (TPSA) is 65.5 Å². The molecule has 1 aliphatic carbocycles. The number of hydrogen-bond donors (Lipinski definition) is 0. The van der Waals surface area contributed by atoms with Gasteiger partial charge in [-0.05, 0) is 29.7 Å². The van der Waals surface area contributed by atoms with Crippen LogP contribution in [0, 0.1) is 5.41 Å². The van der Waals surface area contributed by atoms with Gasteiger partial charge in [0.2, 0.25) is 0 Å². The summed E-state index contributed by atoms with van der Waals surface area (Å²) in [6, 6.07) is 0. The molecule has 0 aromatic carbocycles.